The van der Waals surface area contributed by atoms with Crippen LogP contribution < -0.4 is 0 Å². The molecule has 0 radical (unpaired) electrons. The molecule has 1 heteroatoms. The van der Waals surface area contributed by atoms with Crippen molar-refractivity contribution in [2.24, 2.45) is 5.92 Å². The number of hydrogen-bond acceptors (Lipinski definition) is 1. The molecule has 0 heterocycles. The molecule has 0 saturated heterocycles. The predicted octanol–water partition coefficient (Wildman–Crippen LogP) is 4.02. The normalized spacial score (nSPS) is 21.6. The third-order valence-corrected chi connectivity index (χ3v) is 3.93. The molecule has 0 spiro atoms. The summed E-state index contributed by atoms with van der Waals surface area (Å²) < 4.78 is 0. The van der Waals surface area contributed by atoms with Crippen molar-refractivity contribution < 1.29 is 0 Å². The zero-order valence-electron chi connectivity index (χ0n) is 11.9. The zero-order valence-corrected chi connectivity index (χ0v) is 11.9. The highest BCUT2D eigenvalue weighted by molar-refractivity contribution is 5.48. The molecule has 0 aliphatic heterocycles. The second-order valence-electron chi connectivity index (χ2n) is 5.14. The first-order chi connectivity index (χ1) is 7.52. The molecule has 0 aromatic heterocycles. The molecule has 0 aromatic carbocycles. The molecule has 1 aliphatic carbocycles. The van der Waals surface area contributed by atoms with Crippen LogP contribution in [-0.2, 0) is 0 Å². The average molecular weight is 221 g/mol. The Bertz CT molecular complexity index is 307. The molecule has 1 nitrogen and oxygen atoms in total. The summed E-state index contributed by atoms with van der Waals surface area (Å²) in [5.41, 5.74) is 6.61. The zero-order chi connectivity index (χ0) is 12.3. The lowest BCUT2D eigenvalue weighted by molar-refractivity contribution is 0.408. The molecule has 1 aliphatic rings. The standard InChI is InChI=1S/C15H27N/c1-7-13-11(3)15(9-10-16(5)6)12(4)14(13)8-2/h11H,7-10H2,1-6H3. The van der Waals surface area contributed by atoms with Gasteiger partial charge in [0.15, 0.2) is 0 Å². The van der Waals surface area contributed by atoms with Crippen LogP contribution in [0.5, 0.6) is 0 Å². The Hall–Kier alpha value is -0.560. The number of allylic oxidation sites excluding steroid dienone is 3. The SMILES string of the molecule is CCC1=C(CC)C(C)C(CCN(C)C)=C1C. The summed E-state index contributed by atoms with van der Waals surface area (Å²) in [6, 6.07) is 0. The first kappa shape index (κ1) is 13.5. The number of hydrogen-bond donors (Lipinski definition) is 0. The summed E-state index contributed by atoms with van der Waals surface area (Å²) in [7, 11) is 4.31. The monoisotopic (exact) mass is 221 g/mol. The van der Waals surface area contributed by atoms with Crippen molar-refractivity contribution in [3.63, 3.8) is 0 Å². The van der Waals surface area contributed by atoms with Crippen LogP contribution in [0.1, 0.15) is 47.0 Å². The topological polar surface area (TPSA) is 3.24 Å². The second kappa shape index (κ2) is 5.67. The van der Waals surface area contributed by atoms with E-state index in [0.717, 1.165) is 0 Å². The fourth-order valence-electron chi connectivity index (χ4n) is 2.99. The largest absolute Gasteiger partial charge is 0.309 e. The van der Waals surface area contributed by atoms with Gasteiger partial charge in [0.25, 0.3) is 0 Å². The van der Waals surface area contributed by atoms with Gasteiger partial charge in [0, 0.05) is 6.54 Å². The van der Waals surface area contributed by atoms with E-state index in [1.54, 1.807) is 22.3 Å². The van der Waals surface area contributed by atoms with Crippen LogP contribution in [0.4, 0.5) is 0 Å². The fraction of sp³-hybridized carbons (Fsp3) is 0.733. The highest BCUT2D eigenvalue weighted by atomic mass is 15.0. The van der Waals surface area contributed by atoms with E-state index in [2.05, 4.69) is 46.7 Å². The lowest BCUT2D eigenvalue weighted by Gasteiger charge is -2.16. The highest BCUT2D eigenvalue weighted by Crippen LogP contribution is 2.41. The fourth-order valence-corrected chi connectivity index (χ4v) is 2.99. The lowest BCUT2D eigenvalue weighted by atomic mass is 9.93. The van der Waals surface area contributed by atoms with Gasteiger partial charge in [-0.2, -0.15) is 0 Å². The van der Waals surface area contributed by atoms with Gasteiger partial charge >= 0.3 is 0 Å². The summed E-state index contributed by atoms with van der Waals surface area (Å²) >= 11 is 0. The molecule has 0 aromatic rings. The van der Waals surface area contributed by atoms with Crippen LogP contribution in [-0.4, -0.2) is 25.5 Å². The van der Waals surface area contributed by atoms with E-state index in [1.807, 2.05) is 0 Å². The van der Waals surface area contributed by atoms with Crippen LogP contribution in [0.3, 0.4) is 0 Å². The van der Waals surface area contributed by atoms with E-state index in [1.165, 1.54) is 25.8 Å². The van der Waals surface area contributed by atoms with Crippen molar-refractivity contribution in [3.8, 4) is 0 Å². The molecule has 0 bridgehead atoms. The first-order valence-electron chi connectivity index (χ1n) is 6.59. The molecule has 1 atom stereocenters. The average Bonchev–Trinajstić information content (AvgIpc) is 2.46. The molecule has 1 rings (SSSR count). The maximum Gasteiger partial charge on any atom is 0.00129 e. The van der Waals surface area contributed by atoms with Crippen molar-refractivity contribution in [1.82, 2.24) is 4.90 Å². The van der Waals surface area contributed by atoms with Gasteiger partial charge in [-0.25, -0.2) is 0 Å². The Morgan fingerprint density at radius 2 is 1.69 bits per heavy atom. The third kappa shape index (κ3) is 2.57. The molecule has 0 N–H and O–H groups in total. The van der Waals surface area contributed by atoms with Crippen LogP contribution in [0, 0.1) is 5.92 Å². The Labute approximate surface area is 101 Å². The molecular weight excluding hydrogens is 194 g/mol. The summed E-state index contributed by atoms with van der Waals surface area (Å²) in [4.78, 5) is 2.28. The first-order valence-corrected chi connectivity index (χ1v) is 6.59. The summed E-state index contributed by atoms with van der Waals surface area (Å²) in [6.07, 6.45) is 3.64. The van der Waals surface area contributed by atoms with Gasteiger partial charge in [0.05, 0.1) is 0 Å². The van der Waals surface area contributed by atoms with E-state index in [4.69, 9.17) is 0 Å². The third-order valence-electron chi connectivity index (χ3n) is 3.93. The highest BCUT2D eigenvalue weighted by Gasteiger charge is 2.25. The van der Waals surface area contributed by atoms with Crippen molar-refractivity contribution in [1.29, 1.82) is 0 Å². The van der Waals surface area contributed by atoms with Crippen molar-refractivity contribution in [2.75, 3.05) is 20.6 Å². The summed E-state index contributed by atoms with van der Waals surface area (Å²) in [6.45, 7) is 10.5. The van der Waals surface area contributed by atoms with Crippen molar-refractivity contribution in [3.05, 3.63) is 22.3 Å². The Morgan fingerprint density at radius 1 is 1.06 bits per heavy atom. The van der Waals surface area contributed by atoms with Gasteiger partial charge in [0.2, 0.25) is 0 Å². The minimum Gasteiger partial charge on any atom is -0.309 e. The van der Waals surface area contributed by atoms with E-state index in [9.17, 15) is 0 Å². The predicted molar refractivity (Wildman–Crippen MR) is 72.6 cm³/mol. The molecule has 1 unspecified atom stereocenters. The van der Waals surface area contributed by atoms with Gasteiger partial charge in [-0.1, -0.05) is 31.9 Å². The van der Waals surface area contributed by atoms with E-state index < -0.39 is 0 Å². The number of nitrogens with zero attached hydrogens (tertiary/aromatic N) is 1. The minimum atomic E-state index is 0.694. The Kier molecular flexibility index (Phi) is 4.79. The van der Waals surface area contributed by atoms with Gasteiger partial charge < -0.3 is 4.90 Å². The maximum atomic E-state index is 2.38. The molecular formula is C15H27N. The minimum absolute atomic E-state index is 0.694. The van der Waals surface area contributed by atoms with Gasteiger partial charge in [-0.3, -0.25) is 0 Å². The maximum absolute atomic E-state index is 2.38. The Balaban J connectivity index is 2.85. The van der Waals surface area contributed by atoms with E-state index in [-0.39, 0.29) is 0 Å². The second-order valence-corrected chi connectivity index (χ2v) is 5.14. The molecule has 92 valence electrons. The lowest BCUT2D eigenvalue weighted by Crippen LogP contribution is -2.15. The molecule has 0 saturated carbocycles. The summed E-state index contributed by atoms with van der Waals surface area (Å²) in [5, 5.41) is 0. The quantitative estimate of drug-likeness (QED) is 0.677. The number of rotatable bonds is 5. The van der Waals surface area contributed by atoms with Gasteiger partial charge in [-0.05, 0) is 57.3 Å². The van der Waals surface area contributed by atoms with Crippen LogP contribution in [0.2, 0.25) is 0 Å². The Morgan fingerprint density at radius 3 is 2.06 bits per heavy atom. The van der Waals surface area contributed by atoms with Crippen molar-refractivity contribution in [2.45, 2.75) is 47.0 Å². The van der Waals surface area contributed by atoms with Crippen LogP contribution in [0.15, 0.2) is 22.3 Å². The van der Waals surface area contributed by atoms with Crippen molar-refractivity contribution >= 4 is 0 Å². The van der Waals surface area contributed by atoms with E-state index in [0.29, 0.717) is 5.92 Å². The van der Waals surface area contributed by atoms with Crippen LogP contribution >= 0.6 is 0 Å². The molecule has 0 fully saturated rings. The molecule has 0 amide bonds. The smallest absolute Gasteiger partial charge is 0.00129 e. The van der Waals surface area contributed by atoms with Crippen LogP contribution in [0.25, 0.3) is 0 Å². The van der Waals surface area contributed by atoms with Gasteiger partial charge in [-0.15, -0.1) is 0 Å². The summed E-state index contributed by atoms with van der Waals surface area (Å²) in [5.74, 6) is 0.694. The van der Waals surface area contributed by atoms with E-state index >= 15 is 0 Å². The van der Waals surface area contributed by atoms with Gasteiger partial charge in [0.1, 0.15) is 0 Å². The molecule has 16 heavy (non-hydrogen) atoms.